The fraction of sp³-hybridized carbons (Fsp3) is 0.200. The standard InChI is InChI=1S/C20H18BrNO3S2/c1-4-25-16-9-13(8-15(21)18(16)23)10-17-19(24)22(20(26)27-17)14-6-5-11(2)12(3)7-14/h5-10,23H,4H2,1-3H3/b17-10+. The summed E-state index contributed by atoms with van der Waals surface area (Å²) in [5.41, 5.74) is 3.78. The Morgan fingerprint density at radius 1 is 1.26 bits per heavy atom. The second-order valence-electron chi connectivity index (χ2n) is 6.07. The average Bonchev–Trinajstić information content (AvgIpc) is 2.89. The van der Waals surface area contributed by atoms with E-state index >= 15 is 0 Å². The maximum absolute atomic E-state index is 12.9. The highest BCUT2D eigenvalue weighted by molar-refractivity contribution is 9.10. The van der Waals surface area contributed by atoms with Gasteiger partial charge in [-0.15, -0.1) is 0 Å². The molecule has 0 aliphatic carbocycles. The molecule has 3 rings (SSSR count). The van der Waals surface area contributed by atoms with Crippen molar-refractivity contribution in [1.82, 2.24) is 0 Å². The van der Waals surface area contributed by atoms with Gasteiger partial charge in [0.1, 0.15) is 0 Å². The molecule has 1 aliphatic rings. The summed E-state index contributed by atoms with van der Waals surface area (Å²) in [7, 11) is 0. The van der Waals surface area contributed by atoms with Crippen LogP contribution < -0.4 is 9.64 Å². The molecule has 2 aromatic rings. The van der Waals surface area contributed by atoms with Crippen molar-refractivity contribution in [3.8, 4) is 11.5 Å². The normalized spacial score (nSPS) is 15.7. The molecular weight excluding hydrogens is 446 g/mol. The van der Waals surface area contributed by atoms with Crippen LogP contribution >= 0.6 is 39.9 Å². The molecule has 2 aromatic carbocycles. The van der Waals surface area contributed by atoms with Crippen molar-refractivity contribution in [2.24, 2.45) is 0 Å². The van der Waals surface area contributed by atoms with Crippen LogP contribution in [-0.2, 0) is 4.79 Å². The first-order chi connectivity index (χ1) is 12.8. The first kappa shape index (κ1) is 19.9. The number of hydrogen-bond acceptors (Lipinski definition) is 5. The number of phenols is 1. The number of anilines is 1. The van der Waals surface area contributed by atoms with E-state index in [1.165, 1.54) is 11.8 Å². The molecule has 1 saturated heterocycles. The van der Waals surface area contributed by atoms with E-state index in [9.17, 15) is 9.90 Å². The van der Waals surface area contributed by atoms with Gasteiger partial charge in [0.2, 0.25) is 0 Å². The van der Waals surface area contributed by atoms with Crippen LogP contribution in [0.3, 0.4) is 0 Å². The lowest BCUT2D eigenvalue weighted by Crippen LogP contribution is -2.27. The highest BCUT2D eigenvalue weighted by Crippen LogP contribution is 2.39. The number of ether oxygens (including phenoxy) is 1. The molecule has 1 N–H and O–H groups in total. The van der Waals surface area contributed by atoms with E-state index in [-0.39, 0.29) is 11.7 Å². The van der Waals surface area contributed by atoms with Gasteiger partial charge in [-0.3, -0.25) is 9.69 Å². The monoisotopic (exact) mass is 463 g/mol. The number of thiocarbonyl (C=S) groups is 1. The molecular formula is C20H18BrNO3S2. The molecule has 0 spiro atoms. The van der Waals surface area contributed by atoms with Crippen LogP contribution in [0.1, 0.15) is 23.6 Å². The van der Waals surface area contributed by atoms with Gasteiger partial charge >= 0.3 is 0 Å². The summed E-state index contributed by atoms with van der Waals surface area (Å²) in [6.45, 7) is 6.31. The summed E-state index contributed by atoms with van der Waals surface area (Å²) < 4.78 is 6.45. The molecule has 7 heteroatoms. The molecule has 1 fully saturated rings. The van der Waals surface area contributed by atoms with Gasteiger partial charge in [-0.05, 0) is 83.7 Å². The van der Waals surface area contributed by atoms with Crippen molar-refractivity contribution >= 4 is 61.9 Å². The second-order valence-corrected chi connectivity index (χ2v) is 8.60. The Bertz CT molecular complexity index is 972. The van der Waals surface area contributed by atoms with E-state index in [2.05, 4.69) is 15.9 Å². The van der Waals surface area contributed by atoms with Gasteiger partial charge in [-0.25, -0.2) is 0 Å². The fourth-order valence-corrected chi connectivity index (χ4v) is 4.41. The minimum Gasteiger partial charge on any atom is -0.503 e. The summed E-state index contributed by atoms with van der Waals surface area (Å²) >= 11 is 10.0. The van der Waals surface area contributed by atoms with E-state index in [0.717, 1.165) is 22.4 Å². The number of halogens is 1. The van der Waals surface area contributed by atoms with Crippen molar-refractivity contribution in [2.75, 3.05) is 11.5 Å². The number of aryl methyl sites for hydroxylation is 2. The van der Waals surface area contributed by atoms with Gasteiger partial charge in [0.15, 0.2) is 15.8 Å². The van der Waals surface area contributed by atoms with Gasteiger partial charge in [0, 0.05) is 0 Å². The van der Waals surface area contributed by atoms with Gasteiger partial charge in [0.05, 0.1) is 21.7 Å². The number of aromatic hydroxyl groups is 1. The van der Waals surface area contributed by atoms with Crippen molar-refractivity contribution < 1.29 is 14.6 Å². The molecule has 1 amide bonds. The summed E-state index contributed by atoms with van der Waals surface area (Å²) in [5.74, 6) is 0.245. The zero-order chi connectivity index (χ0) is 19.7. The Labute approximate surface area is 176 Å². The van der Waals surface area contributed by atoms with Crippen molar-refractivity contribution in [3.63, 3.8) is 0 Å². The maximum atomic E-state index is 12.9. The number of rotatable bonds is 4. The predicted octanol–water partition coefficient (Wildman–Crippen LogP) is 5.58. The Morgan fingerprint density at radius 2 is 2.00 bits per heavy atom. The molecule has 0 saturated carbocycles. The van der Waals surface area contributed by atoms with E-state index < -0.39 is 0 Å². The van der Waals surface area contributed by atoms with E-state index in [1.54, 1.807) is 23.1 Å². The highest BCUT2D eigenvalue weighted by Gasteiger charge is 2.33. The van der Waals surface area contributed by atoms with Crippen LogP contribution in [-0.4, -0.2) is 21.9 Å². The number of hydrogen-bond donors (Lipinski definition) is 1. The zero-order valence-electron chi connectivity index (χ0n) is 15.1. The molecule has 0 radical (unpaired) electrons. The Hall–Kier alpha value is -1.83. The number of amides is 1. The molecule has 0 aromatic heterocycles. The summed E-state index contributed by atoms with van der Waals surface area (Å²) in [4.78, 5) is 15.0. The quantitative estimate of drug-likeness (QED) is 0.473. The predicted molar refractivity (Wildman–Crippen MR) is 119 cm³/mol. The summed E-state index contributed by atoms with van der Waals surface area (Å²) in [6.07, 6.45) is 1.76. The third-order valence-electron chi connectivity index (χ3n) is 4.19. The number of phenolic OH excluding ortho intramolecular Hbond substituents is 1. The first-order valence-electron chi connectivity index (χ1n) is 8.32. The molecule has 0 bridgehead atoms. The van der Waals surface area contributed by atoms with Crippen molar-refractivity contribution in [2.45, 2.75) is 20.8 Å². The van der Waals surface area contributed by atoms with Crippen LogP contribution in [0.25, 0.3) is 6.08 Å². The second kappa shape index (κ2) is 8.04. The number of thioether (sulfide) groups is 1. The van der Waals surface area contributed by atoms with Crippen molar-refractivity contribution in [1.29, 1.82) is 0 Å². The molecule has 0 unspecified atom stereocenters. The molecule has 1 heterocycles. The van der Waals surface area contributed by atoms with Gasteiger partial charge in [-0.1, -0.05) is 30.0 Å². The minimum absolute atomic E-state index is 0.0386. The third-order valence-corrected chi connectivity index (χ3v) is 6.10. The lowest BCUT2D eigenvalue weighted by Gasteiger charge is -2.16. The Morgan fingerprint density at radius 3 is 2.67 bits per heavy atom. The van der Waals surface area contributed by atoms with Gasteiger partial charge < -0.3 is 9.84 Å². The average molecular weight is 464 g/mol. The highest BCUT2D eigenvalue weighted by atomic mass is 79.9. The van der Waals surface area contributed by atoms with Crippen molar-refractivity contribution in [3.05, 3.63) is 56.4 Å². The summed E-state index contributed by atoms with van der Waals surface area (Å²) in [6, 6.07) is 9.29. The maximum Gasteiger partial charge on any atom is 0.270 e. The molecule has 27 heavy (non-hydrogen) atoms. The van der Waals surface area contributed by atoms with Crippen LogP contribution in [0, 0.1) is 13.8 Å². The summed E-state index contributed by atoms with van der Waals surface area (Å²) in [5, 5.41) is 10.1. The molecule has 4 nitrogen and oxygen atoms in total. The number of carbonyl (C=O) groups excluding carboxylic acids is 1. The Kier molecular flexibility index (Phi) is 5.93. The Balaban J connectivity index is 1.96. The smallest absolute Gasteiger partial charge is 0.270 e. The molecule has 140 valence electrons. The van der Waals surface area contributed by atoms with Crippen LogP contribution in [0.2, 0.25) is 0 Å². The van der Waals surface area contributed by atoms with Gasteiger partial charge in [-0.2, -0.15) is 0 Å². The van der Waals surface area contributed by atoms with Crippen LogP contribution in [0.4, 0.5) is 5.69 Å². The molecule has 0 atom stereocenters. The van der Waals surface area contributed by atoms with Crippen LogP contribution in [0.5, 0.6) is 11.5 Å². The SMILES string of the molecule is CCOc1cc(/C=C2/SC(=S)N(c3ccc(C)c(C)c3)C2=O)cc(Br)c1O. The van der Waals surface area contributed by atoms with Crippen LogP contribution in [0.15, 0.2) is 39.7 Å². The topological polar surface area (TPSA) is 49.8 Å². The first-order valence-corrected chi connectivity index (χ1v) is 10.3. The van der Waals surface area contributed by atoms with E-state index in [0.29, 0.717) is 26.1 Å². The van der Waals surface area contributed by atoms with E-state index in [1.807, 2.05) is 39.0 Å². The molecule has 1 aliphatic heterocycles. The third kappa shape index (κ3) is 4.05. The lowest BCUT2D eigenvalue weighted by molar-refractivity contribution is -0.113. The zero-order valence-corrected chi connectivity index (χ0v) is 18.3. The fourth-order valence-electron chi connectivity index (χ4n) is 2.65. The largest absolute Gasteiger partial charge is 0.503 e. The van der Waals surface area contributed by atoms with Gasteiger partial charge in [0.25, 0.3) is 5.91 Å². The number of benzene rings is 2. The number of carbonyl (C=O) groups is 1. The lowest BCUT2D eigenvalue weighted by atomic mass is 10.1. The number of nitrogens with zero attached hydrogens (tertiary/aromatic N) is 1. The minimum atomic E-state index is -0.157. The van der Waals surface area contributed by atoms with E-state index in [4.69, 9.17) is 17.0 Å².